The number of furan rings is 1. The normalized spacial score (nSPS) is 11.4. The van der Waals surface area contributed by atoms with E-state index in [2.05, 4.69) is 15.5 Å². The molecule has 0 bridgehead atoms. The van der Waals surface area contributed by atoms with E-state index in [0.717, 1.165) is 11.1 Å². The standard InChI is InChI=1S/C22H18N4O3/c27-22(29-15-13-17-8-3-1-4-9-17)20(16-19-12-7-14-28-19)26-21(23-24-25-26)18-10-5-2-6-11-18/h1-12,14,16H,13,15H2. The van der Waals surface area contributed by atoms with Gasteiger partial charge in [0.05, 0.1) is 12.9 Å². The van der Waals surface area contributed by atoms with Gasteiger partial charge in [-0.05, 0) is 28.1 Å². The number of rotatable bonds is 7. The lowest BCUT2D eigenvalue weighted by Crippen LogP contribution is -2.16. The smallest absolute Gasteiger partial charge is 0.357 e. The fourth-order valence-corrected chi connectivity index (χ4v) is 2.81. The molecule has 0 unspecified atom stereocenters. The minimum atomic E-state index is -0.540. The van der Waals surface area contributed by atoms with E-state index in [4.69, 9.17) is 9.15 Å². The molecule has 0 fully saturated rings. The number of benzene rings is 2. The van der Waals surface area contributed by atoms with Gasteiger partial charge in [-0.3, -0.25) is 0 Å². The van der Waals surface area contributed by atoms with Crippen molar-refractivity contribution in [2.75, 3.05) is 6.61 Å². The maximum Gasteiger partial charge on any atom is 0.357 e. The van der Waals surface area contributed by atoms with E-state index in [0.29, 0.717) is 18.0 Å². The average Bonchev–Trinajstić information content (AvgIpc) is 3.45. The molecule has 4 rings (SSSR count). The lowest BCUT2D eigenvalue weighted by atomic mass is 10.2. The number of carbonyl (C=O) groups is 1. The highest BCUT2D eigenvalue weighted by Gasteiger charge is 2.21. The molecule has 0 saturated carbocycles. The lowest BCUT2D eigenvalue weighted by molar-refractivity contribution is -0.136. The summed E-state index contributed by atoms with van der Waals surface area (Å²) < 4.78 is 12.2. The molecule has 0 amide bonds. The van der Waals surface area contributed by atoms with Gasteiger partial charge >= 0.3 is 5.97 Å². The zero-order chi connectivity index (χ0) is 19.9. The molecule has 2 aromatic heterocycles. The van der Waals surface area contributed by atoms with E-state index >= 15 is 0 Å². The highest BCUT2D eigenvalue weighted by molar-refractivity contribution is 6.15. The molecule has 0 radical (unpaired) electrons. The van der Waals surface area contributed by atoms with E-state index in [1.807, 2.05) is 60.7 Å². The number of hydrogen-bond acceptors (Lipinski definition) is 6. The first-order chi connectivity index (χ1) is 14.3. The number of ether oxygens (including phenoxy) is 1. The third kappa shape index (κ3) is 4.47. The second kappa shape index (κ2) is 8.79. The van der Waals surface area contributed by atoms with Gasteiger partial charge in [0.25, 0.3) is 0 Å². The predicted molar refractivity (Wildman–Crippen MR) is 107 cm³/mol. The van der Waals surface area contributed by atoms with Crippen LogP contribution >= 0.6 is 0 Å². The molecule has 0 aliphatic rings. The molecule has 2 aromatic carbocycles. The largest absolute Gasteiger partial charge is 0.465 e. The third-order valence-corrected chi connectivity index (χ3v) is 4.23. The lowest BCUT2D eigenvalue weighted by Gasteiger charge is -2.10. The molecular formula is C22H18N4O3. The Hall–Kier alpha value is -4.00. The summed E-state index contributed by atoms with van der Waals surface area (Å²) in [6.07, 6.45) is 3.71. The van der Waals surface area contributed by atoms with Gasteiger partial charge in [-0.1, -0.05) is 60.7 Å². The van der Waals surface area contributed by atoms with Crippen LogP contribution in [0.4, 0.5) is 0 Å². The summed E-state index contributed by atoms with van der Waals surface area (Å²) in [6.45, 7) is 0.237. The van der Waals surface area contributed by atoms with Gasteiger partial charge in [0.1, 0.15) is 5.76 Å². The molecule has 144 valence electrons. The summed E-state index contributed by atoms with van der Waals surface area (Å²) in [7, 11) is 0. The van der Waals surface area contributed by atoms with Crippen LogP contribution in [0.5, 0.6) is 0 Å². The Balaban J connectivity index is 1.60. The SMILES string of the molecule is O=C(OCCc1ccccc1)C(=Cc1ccco1)n1nnnc1-c1ccccc1. The van der Waals surface area contributed by atoms with Gasteiger partial charge in [0, 0.05) is 18.1 Å². The van der Waals surface area contributed by atoms with Crippen LogP contribution < -0.4 is 0 Å². The Morgan fingerprint density at radius 2 is 1.76 bits per heavy atom. The second-order valence-corrected chi connectivity index (χ2v) is 6.20. The molecule has 7 nitrogen and oxygen atoms in total. The van der Waals surface area contributed by atoms with Gasteiger partial charge in [-0.15, -0.1) is 5.10 Å². The van der Waals surface area contributed by atoms with Gasteiger partial charge < -0.3 is 9.15 Å². The van der Waals surface area contributed by atoms with Crippen LogP contribution in [0.1, 0.15) is 11.3 Å². The molecule has 29 heavy (non-hydrogen) atoms. The quantitative estimate of drug-likeness (QED) is 0.356. The molecule has 0 atom stereocenters. The molecule has 0 spiro atoms. The topological polar surface area (TPSA) is 83.0 Å². The maximum atomic E-state index is 12.9. The highest BCUT2D eigenvalue weighted by atomic mass is 16.5. The van der Waals surface area contributed by atoms with Crippen molar-refractivity contribution in [1.29, 1.82) is 0 Å². The number of nitrogens with zero attached hydrogens (tertiary/aromatic N) is 4. The van der Waals surface area contributed by atoms with Crippen LogP contribution in [-0.4, -0.2) is 32.8 Å². The van der Waals surface area contributed by atoms with Crippen LogP contribution in [0.15, 0.2) is 83.5 Å². The predicted octanol–water partition coefficient (Wildman–Crippen LogP) is 3.72. The number of tetrazole rings is 1. The van der Waals surface area contributed by atoms with Gasteiger partial charge in [-0.25, -0.2) is 4.79 Å². The van der Waals surface area contributed by atoms with Crippen molar-refractivity contribution in [3.8, 4) is 11.4 Å². The maximum absolute atomic E-state index is 12.9. The fraction of sp³-hybridized carbons (Fsp3) is 0.0909. The van der Waals surface area contributed by atoms with E-state index in [1.54, 1.807) is 18.2 Å². The van der Waals surface area contributed by atoms with E-state index in [1.165, 1.54) is 10.9 Å². The monoisotopic (exact) mass is 386 g/mol. The van der Waals surface area contributed by atoms with Crippen molar-refractivity contribution in [3.63, 3.8) is 0 Å². The van der Waals surface area contributed by atoms with Crippen molar-refractivity contribution in [2.45, 2.75) is 6.42 Å². The second-order valence-electron chi connectivity index (χ2n) is 6.20. The molecule has 4 aromatic rings. The summed E-state index contributed by atoms with van der Waals surface area (Å²) in [5, 5.41) is 11.8. The fourth-order valence-electron chi connectivity index (χ4n) is 2.81. The van der Waals surface area contributed by atoms with Crippen LogP contribution in [0.3, 0.4) is 0 Å². The van der Waals surface area contributed by atoms with Crippen LogP contribution in [0.25, 0.3) is 23.2 Å². The first-order valence-corrected chi connectivity index (χ1v) is 9.12. The minimum absolute atomic E-state index is 0.164. The number of aromatic nitrogens is 4. The first-order valence-electron chi connectivity index (χ1n) is 9.12. The molecular weight excluding hydrogens is 368 g/mol. The molecule has 0 aliphatic heterocycles. The Bertz CT molecular complexity index is 1090. The van der Waals surface area contributed by atoms with Crippen molar-refractivity contribution in [1.82, 2.24) is 20.2 Å². The van der Waals surface area contributed by atoms with Crippen LogP contribution in [0, 0.1) is 0 Å². The van der Waals surface area contributed by atoms with E-state index in [-0.39, 0.29) is 12.3 Å². The van der Waals surface area contributed by atoms with Crippen molar-refractivity contribution >= 4 is 17.7 Å². The number of carbonyl (C=O) groups excluding carboxylic acids is 1. The molecule has 0 N–H and O–H groups in total. The van der Waals surface area contributed by atoms with Gasteiger partial charge in [-0.2, -0.15) is 4.68 Å². The van der Waals surface area contributed by atoms with E-state index < -0.39 is 5.97 Å². The average molecular weight is 386 g/mol. The summed E-state index contributed by atoms with van der Waals surface area (Å²) in [4.78, 5) is 12.9. The Morgan fingerprint density at radius 3 is 2.48 bits per heavy atom. The van der Waals surface area contributed by atoms with E-state index in [9.17, 15) is 4.79 Å². The van der Waals surface area contributed by atoms with Crippen LogP contribution in [-0.2, 0) is 16.0 Å². The van der Waals surface area contributed by atoms with Crippen LogP contribution in [0.2, 0.25) is 0 Å². The number of esters is 1. The number of hydrogen-bond donors (Lipinski definition) is 0. The van der Waals surface area contributed by atoms with Gasteiger partial charge in [0.15, 0.2) is 11.5 Å². The Morgan fingerprint density at radius 1 is 1.00 bits per heavy atom. The summed E-state index contributed by atoms with van der Waals surface area (Å²) in [5.41, 5.74) is 2.03. The first kappa shape index (κ1) is 18.4. The summed E-state index contributed by atoms with van der Waals surface area (Å²) >= 11 is 0. The van der Waals surface area contributed by atoms with Crippen molar-refractivity contribution in [2.24, 2.45) is 0 Å². The molecule has 7 heteroatoms. The third-order valence-electron chi connectivity index (χ3n) is 4.23. The zero-order valence-corrected chi connectivity index (χ0v) is 15.5. The van der Waals surface area contributed by atoms with Gasteiger partial charge in [0.2, 0.25) is 0 Å². The summed E-state index contributed by atoms with van der Waals surface area (Å²) in [5.74, 6) is 0.389. The summed E-state index contributed by atoms with van der Waals surface area (Å²) in [6, 6.07) is 22.7. The van der Waals surface area contributed by atoms with Crippen molar-refractivity contribution in [3.05, 3.63) is 90.4 Å². The minimum Gasteiger partial charge on any atom is -0.465 e. The molecule has 0 aliphatic carbocycles. The molecule has 2 heterocycles. The van der Waals surface area contributed by atoms with Crippen molar-refractivity contribution < 1.29 is 13.9 Å². The molecule has 0 saturated heterocycles. The highest BCUT2D eigenvalue weighted by Crippen LogP contribution is 2.21. The zero-order valence-electron chi connectivity index (χ0n) is 15.5. The Kier molecular flexibility index (Phi) is 5.57. The Labute approximate surface area is 167 Å².